The van der Waals surface area contributed by atoms with E-state index in [4.69, 9.17) is 0 Å². The average Bonchev–Trinajstić information content (AvgIpc) is 2.74. The van der Waals surface area contributed by atoms with Gasteiger partial charge in [0.25, 0.3) is 0 Å². The molecule has 1 nitrogen and oxygen atoms in total. The summed E-state index contributed by atoms with van der Waals surface area (Å²) in [4.78, 5) is 0. The molecule has 1 aromatic rings. The molecule has 1 N–H and O–H groups in total. The maximum atomic E-state index is 3.90. The van der Waals surface area contributed by atoms with E-state index in [2.05, 4.69) is 43.4 Å². The first-order valence-corrected chi connectivity index (χ1v) is 7.45. The summed E-state index contributed by atoms with van der Waals surface area (Å²) in [7, 11) is 0. The molecule has 0 amide bonds. The van der Waals surface area contributed by atoms with Gasteiger partial charge < -0.3 is 5.32 Å². The van der Waals surface area contributed by atoms with Crippen LogP contribution in [-0.2, 0) is 12.8 Å². The van der Waals surface area contributed by atoms with Crippen molar-refractivity contribution in [1.82, 2.24) is 5.32 Å². The van der Waals surface area contributed by atoms with Crippen LogP contribution in [0.3, 0.4) is 0 Å². The first-order valence-electron chi connectivity index (χ1n) is 7.45. The predicted molar refractivity (Wildman–Crippen MR) is 76.8 cm³/mol. The molecule has 0 bridgehead atoms. The van der Waals surface area contributed by atoms with Crippen LogP contribution >= 0.6 is 0 Å². The van der Waals surface area contributed by atoms with Gasteiger partial charge in [0, 0.05) is 12.1 Å². The first kappa shape index (κ1) is 12.2. The molecule has 1 fully saturated rings. The molecule has 0 atom stereocenters. The second-order valence-electron chi connectivity index (χ2n) is 6.98. The van der Waals surface area contributed by atoms with E-state index in [1.54, 1.807) is 11.1 Å². The zero-order valence-corrected chi connectivity index (χ0v) is 11.7. The van der Waals surface area contributed by atoms with E-state index in [1.807, 2.05) is 0 Å². The molecule has 18 heavy (non-hydrogen) atoms. The van der Waals surface area contributed by atoms with Crippen LogP contribution in [0.25, 0.3) is 0 Å². The molecule has 2 aliphatic carbocycles. The largest absolute Gasteiger partial charge is 0.311 e. The Kier molecular flexibility index (Phi) is 3.19. The van der Waals surface area contributed by atoms with Gasteiger partial charge in [-0.25, -0.2) is 0 Å². The van der Waals surface area contributed by atoms with Crippen LogP contribution < -0.4 is 5.32 Å². The maximum Gasteiger partial charge on any atom is 0.0151 e. The molecule has 1 saturated carbocycles. The second-order valence-corrected chi connectivity index (χ2v) is 6.98. The van der Waals surface area contributed by atoms with E-state index in [0.717, 1.165) is 6.04 Å². The molecule has 0 radical (unpaired) electrons. The lowest BCUT2D eigenvalue weighted by molar-refractivity contribution is 0.198. The van der Waals surface area contributed by atoms with Gasteiger partial charge in [-0.15, -0.1) is 0 Å². The third-order valence-corrected chi connectivity index (χ3v) is 4.86. The molecule has 2 aliphatic rings. The SMILES string of the molecule is CC1(C)CCC(NC2Cc3ccccc3C2)CC1. The van der Waals surface area contributed by atoms with Gasteiger partial charge in [0.15, 0.2) is 0 Å². The Morgan fingerprint density at radius 2 is 1.50 bits per heavy atom. The normalized spacial score (nSPS) is 24.1. The minimum absolute atomic E-state index is 0.580. The fourth-order valence-electron chi connectivity index (χ4n) is 3.58. The average molecular weight is 243 g/mol. The van der Waals surface area contributed by atoms with Gasteiger partial charge in [0.05, 0.1) is 0 Å². The van der Waals surface area contributed by atoms with Gasteiger partial charge in [0.2, 0.25) is 0 Å². The van der Waals surface area contributed by atoms with Crippen molar-refractivity contribution in [3.05, 3.63) is 35.4 Å². The summed E-state index contributed by atoms with van der Waals surface area (Å²) in [5.41, 5.74) is 3.70. The summed E-state index contributed by atoms with van der Waals surface area (Å²) in [6.45, 7) is 4.82. The monoisotopic (exact) mass is 243 g/mol. The number of nitrogens with one attached hydrogen (secondary N) is 1. The van der Waals surface area contributed by atoms with Crippen LogP contribution in [0, 0.1) is 5.41 Å². The fourth-order valence-corrected chi connectivity index (χ4v) is 3.58. The van der Waals surface area contributed by atoms with Crippen molar-refractivity contribution >= 4 is 0 Å². The van der Waals surface area contributed by atoms with Crippen molar-refractivity contribution in [3.63, 3.8) is 0 Å². The Morgan fingerprint density at radius 1 is 0.944 bits per heavy atom. The van der Waals surface area contributed by atoms with Crippen LogP contribution in [0.5, 0.6) is 0 Å². The Labute approximate surface area is 111 Å². The van der Waals surface area contributed by atoms with E-state index < -0.39 is 0 Å². The standard InChI is InChI=1S/C17H25N/c1-17(2)9-7-15(8-10-17)18-16-11-13-5-3-4-6-14(13)12-16/h3-6,15-16,18H,7-12H2,1-2H3. The Hall–Kier alpha value is -0.820. The van der Waals surface area contributed by atoms with Gasteiger partial charge >= 0.3 is 0 Å². The van der Waals surface area contributed by atoms with Gasteiger partial charge in [-0.05, 0) is 55.1 Å². The molecule has 0 aliphatic heterocycles. The number of rotatable bonds is 2. The van der Waals surface area contributed by atoms with Gasteiger partial charge in [-0.2, -0.15) is 0 Å². The summed E-state index contributed by atoms with van der Waals surface area (Å²) in [5, 5.41) is 3.90. The molecule has 1 aromatic carbocycles. The molecule has 3 rings (SSSR count). The minimum Gasteiger partial charge on any atom is -0.311 e. The Morgan fingerprint density at radius 3 is 2.06 bits per heavy atom. The van der Waals surface area contributed by atoms with Crippen LogP contribution in [-0.4, -0.2) is 12.1 Å². The summed E-state index contributed by atoms with van der Waals surface area (Å²) in [6, 6.07) is 10.4. The van der Waals surface area contributed by atoms with Crippen LogP contribution in [0.4, 0.5) is 0 Å². The van der Waals surface area contributed by atoms with Crippen LogP contribution in [0.15, 0.2) is 24.3 Å². The smallest absolute Gasteiger partial charge is 0.0151 e. The lowest BCUT2D eigenvalue weighted by Gasteiger charge is -2.36. The highest BCUT2D eigenvalue weighted by atomic mass is 15.0. The third kappa shape index (κ3) is 2.61. The highest BCUT2D eigenvalue weighted by Crippen LogP contribution is 2.35. The molecule has 0 saturated heterocycles. The van der Waals surface area contributed by atoms with Crippen LogP contribution in [0.1, 0.15) is 50.7 Å². The molecule has 98 valence electrons. The zero-order valence-electron chi connectivity index (χ0n) is 11.7. The first-order chi connectivity index (χ1) is 8.62. The van der Waals surface area contributed by atoms with E-state index in [0.29, 0.717) is 11.5 Å². The lowest BCUT2D eigenvalue weighted by atomic mass is 9.75. The molecule has 1 heteroatoms. The van der Waals surface area contributed by atoms with E-state index in [-0.39, 0.29) is 0 Å². The quantitative estimate of drug-likeness (QED) is 0.835. The van der Waals surface area contributed by atoms with Crippen molar-refractivity contribution in [2.45, 2.75) is 64.5 Å². The third-order valence-electron chi connectivity index (χ3n) is 4.86. The molecule has 0 unspecified atom stereocenters. The zero-order chi connectivity index (χ0) is 12.6. The lowest BCUT2D eigenvalue weighted by Crippen LogP contribution is -2.42. The Bertz CT molecular complexity index is 386. The number of hydrogen-bond donors (Lipinski definition) is 1. The molecule has 0 heterocycles. The maximum absolute atomic E-state index is 3.90. The van der Waals surface area contributed by atoms with Gasteiger partial charge in [0.1, 0.15) is 0 Å². The summed E-state index contributed by atoms with van der Waals surface area (Å²) >= 11 is 0. The number of hydrogen-bond acceptors (Lipinski definition) is 1. The topological polar surface area (TPSA) is 12.0 Å². The van der Waals surface area contributed by atoms with Crippen LogP contribution in [0.2, 0.25) is 0 Å². The molecular weight excluding hydrogens is 218 g/mol. The highest BCUT2D eigenvalue weighted by Gasteiger charge is 2.29. The van der Waals surface area contributed by atoms with Crippen molar-refractivity contribution in [3.8, 4) is 0 Å². The summed E-state index contributed by atoms with van der Waals surface area (Å²) in [5.74, 6) is 0. The Balaban J connectivity index is 1.54. The van der Waals surface area contributed by atoms with Crippen molar-refractivity contribution in [2.24, 2.45) is 5.41 Å². The highest BCUT2D eigenvalue weighted by molar-refractivity contribution is 5.33. The summed E-state index contributed by atoms with van der Waals surface area (Å²) < 4.78 is 0. The summed E-state index contributed by atoms with van der Waals surface area (Å²) in [6.07, 6.45) is 7.94. The van der Waals surface area contributed by atoms with E-state index in [9.17, 15) is 0 Å². The molecule has 0 aromatic heterocycles. The van der Waals surface area contributed by atoms with Crippen molar-refractivity contribution < 1.29 is 0 Å². The van der Waals surface area contributed by atoms with Gasteiger partial charge in [-0.3, -0.25) is 0 Å². The van der Waals surface area contributed by atoms with Gasteiger partial charge in [-0.1, -0.05) is 38.1 Å². The van der Waals surface area contributed by atoms with Crippen molar-refractivity contribution in [1.29, 1.82) is 0 Å². The number of fused-ring (bicyclic) bond motifs is 1. The molecular formula is C17H25N. The van der Waals surface area contributed by atoms with Crippen molar-refractivity contribution in [2.75, 3.05) is 0 Å². The van der Waals surface area contributed by atoms with E-state index in [1.165, 1.54) is 38.5 Å². The number of benzene rings is 1. The fraction of sp³-hybridized carbons (Fsp3) is 0.647. The molecule has 0 spiro atoms. The predicted octanol–water partition coefficient (Wildman–Crippen LogP) is 3.71. The second kappa shape index (κ2) is 4.70. The minimum atomic E-state index is 0.580. The van der Waals surface area contributed by atoms with E-state index >= 15 is 0 Å².